The quantitative estimate of drug-likeness (QED) is 0.760. The number of aromatic amines is 1. The largest absolute Gasteiger partial charge is 0.338 e. The second-order valence-corrected chi connectivity index (χ2v) is 5.86. The van der Waals surface area contributed by atoms with Crippen LogP contribution in [0, 0.1) is 0 Å². The Labute approximate surface area is 143 Å². The third kappa shape index (κ3) is 2.91. The van der Waals surface area contributed by atoms with Crippen LogP contribution in [-0.4, -0.2) is 29.5 Å². The summed E-state index contributed by atoms with van der Waals surface area (Å²) in [7, 11) is 1.68. The molecule has 2 aromatic carbocycles. The van der Waals surface area contributed by atoms with Crippen molar-refractivity contribution in [3.05, 3.63) is 46.4 Å². The van der Waals surface area contributed by atoms with Crippen molar-refractivity contribution < 1.29 is 4.79 Å². The van der Waals surface area contributed by atoms with Crippen LogP contribution in [0.3, 0.4) is 0 Å². The van der Waals surface area contributed by atoms with E-state index in [1.807, 2.05) is 24.3 Å². The Balaban J connectivity index is 2.14. The molecule has 0 bridgehead atoms. The van der Waals surface area contributed by atoms with E-state index in [0.717, 1.165) is 16.8 Å². The molecule has 0 fully saturated rings. The Hall–Kier alpha value is -2.08. The Morgan fingerprint density at radius 1 is 1.26 bits per heavy atom. The molecule has 0 atom stereocenters. The van der Waals surface area contributed by atoms with Crippen molar-refractivity contribution >= 4 is 45.8 Å². The van der Waals surface area contributed by atoms with Gasteiger partial charge in [0.25, 0.3) is 0 Å². The van der Waals surface area contributed by atoms with Crippen LogP contribution in [-0.2, 0) is 4.79 Å². The Morgan fingerprint density at radius 3 is 2.70 bits per heavy atom. The van der Waals surface area contributed by atoms with Gasteiger partial charge in [-0.1, -0.05) is 35.3 Å². The summed E-state index contributed by atoms with van der Waals surface area (Å²) in [6.45, 7) is -0.0593. The van der Waals surface area contributed by atoms with E-state index in [0.29, 0.717) is 21.4 Å². The van der Waals surface area contributed by atoms with Gasteiger partial charge in [0.1, 0.15) is 5.82 Å². The fraction of sp³-hybridized carbons (Fsp3) is 0.125. The zero-order valence-electron chi connectivity index (χ0n) is 12.3. The van der Waals surface area contributed by atoms with Crippen LogP contribution in [0.25, 0.3) is 22.4 Å². The maximum absolute atomic E-state index is 11.9. The number of carbonyl (C=O) groups is 1. The Bertz CT molecular complexity index is 852. The topological polar surface area (TPSA) is 75.0 Å². The van der Waals surface area contributed by atoms with Crippen LogP contribution >= 0.6 is 23.2 Å². The number of likely N-dealkylation sites (N-methyl/N-ethyl adjacent to an activating group) is 1. The molecule has 3 aromatic rings. The number of halogens is 2. The van der Waals surface area contributed by atoms with E-state index < -0.39 is 0 Å². The van der Waals surface area contributed by atoms with Crippen LogP contribution in [0.5, 0.6) is 0 Å². The molecule has 0 aliphatic heterocycles. The third-order valence-corrected chi connectivity index (χ3v) is 4.32. The van der Waals surface area contributed by atoms with Crippen molar-refractivity contribution in [1.29, 1.82) is 0 Å². The smallest absolute Gasteiger partial charge is 0.240 e. The average Bonchev–Trinajstić information content (AvgIpc) is 2.96. The van der Waals surface area contributed by atoms with Crippen molar-refractivity contribution in [2.24, 2.45) is 5.73 Å². The molecule has 0 saturated heterocycles. The van der Waals surface area contributed by atoms with E-state index in [9.17, 15) is 4.79 Å². The number of aromatic nitrogens is 2. The summed E-state index contributed by atoms with van der Waals surface area (Å²) in [5, 5.41) is 0.902. The minimum Gasteiger partial charge on any atom is -0.338 e. The lowest BCUT2D eigenvalue weighted by Crippen LogP contribution is -2.32. The zero-order chi connectivity index (χ0) is 16.6. The molecular weight excluding hydrogens is 335 g/mol. The fourth-order valence-electron chi connectivity index (χ4n) is 2.37. The molecule has 118 valence electrons. The predicted octanol–water partition coefficient (Wildman–Crippen LogP) is 3.46. The monoisotopic (exact) mass is 348 g/mol. The molecule has 0 spiro atoms. The number of rotatable bonds is 3. The van der Waals surface area contributed by atoms with Gasteiger partial charge in [-0.05, 0) is 24.3 Å². The van der Waals surface area contributed by atoms with Crippen LogP contribution in [0.1, 0.15) is 0 Å². The normalized spacial score (nSPS) is 11.0. The van der Waals surface area contributed by atoms with Crippen LogP contribution in [0.4, 0.5) is 5.69 Å². The number of nitrogens with two attached hydrogens (primary N) is 1. The number of para-hydroxylation sites is 1. The molecule has 0 unspecified atom stereocenters. The number of hydrogen-bond acceptors (Lipinski definition) is 3. The third-order valence-electron chi connectivity index (χ3n) is 3.59. The van der Waals surface area contributed by atoms with E-state index in [1.165, 1.54) is 4.90 Å². The number of imidazole rings is 1. The van der Waals surface area contributed by atoms with Crippen LogP contribution < -0.4 is 10.6 Å². The lowest BCUT2D eigenvalue weighted by atomic mass is 10.1. The van der Waals surface area contributed by atoms with E-state index >= 15 is 0 Å². The first kappa shape index (κ1) is 15.8. The summed E-state index contributed by atoms with van der Waals surface area (Å²) in [6, 6.07) is 10.9. The molecule has 0 saturated carbocycles. The first-order valence-corrected chi connectivity index (χ1v) is 7.67. The SMILES string of the molecule is CN(C(=O)CN)c1ccccc1-c1nc2cc(Cl)c(Cl)cc2[nH]1. The number of benzene rings is 2. The number of fused-ring (bicyclic) bond motifs is 1. The molecule has 1 heterocycles. The summed E-state index contributed by atoms with van der Waals surface area (Å²) in [6.07, 6.45) is 0. The van der Waals surface area contributed by atoms with E-state index in [-0.39, 0.29) is 12.5 Å². The summed E-state index contributed by atoms with van der Waals surface area (Å²) in [4.78, 5) is 21.2. The summed E-state index contributed by atoms with van der Waals surface area (Å²) in [5.74, 6) is 0.449. The minimum absolute atomic E-state index is 0.0593. The number of hydrogen-bond donors (Lipinski definition) is 2. The Morgan fingerprint density at radius 2 is 1.96 bits per heavy atom. The number of anilines is 1. The molecule has 0 aliphatic rings. The fourth-order valence-corrected chi connectivity index (χ4v) is 2.69. The zero-order valence-corrected chi connectivity index (χ0v) is 13.8. The van der Waals surface area contributed by atoms with Crippen molar-refractivity contribution in [1.82, 2.24) is 9.97 Å². The number of nitrogens with one attached hydrogen (secondary N) is 1. The van der Waals surface area contributed by atoms with Crippen molar-refractivity contribution in [2.75, 3.05) is 18.5 Å². The first-order chi connectivity index (χ1) is 11.0. The molecular formula is C16H14Cl2N4O. The van der Waals surface area contributed by atoms with Gasteiger partial charge in [0.15, 0.2) is 0 Å². The van der Waals surface area contributed by atoms with Gasteiger partial charge >= 0.3 is 0 Å². The van der Waals surface area contributed by atoms with Gasteiger partial charge in [0.05, 0.1) is 33.3 Å². The molecule has 1 amide bonds. The second kappa shape index (κ2) is 6.20. The molecule has 0 radical (unpaired) electrons. The van der Waals surface area contributed by atoms with Gasteiger partial charge < -0.3 is 15.6 Å². The van der Waals surface area contributed by atoms with E-state index in [2.05, 4.69) is 9.97 Å². The highest BCUT2D eigenvalue weighted by molar-refractivity contribution is 6.42. The number of H-pyrrole nitrogens is 1. The molecule has 3 rings (SSSR count). The number of nitrogens with zero attached hydrogens (tertiary/aromatic N) is 2. The number of amides is 1. The van der Waals surface area contributed by atoms with Gasteiger partial charge in [0, 0.05) is 12.6 Å². The Kier molecular flexibility index (Phi) is 4.26. The van der Waals surface area contributed by atoms with Gasteiger partial charge in [-0.2, -0.15) is 0 Å². The average molecular weight is 349 g/mol. The van der Waals surface area contributed by atoms with Gasteiger partial charge in [0.2, 0.25) is 5.91 Å². The maximum atomic E-state index is 11.9. The molecule has 23 heavy (non-hydrogen) atoms. The summed E-state index contributed by atoms with van der Waals surface area (Å²) >= 11 is 12.1. The lowest BCUT2D eigenvalue weighted by molar-refractivity contribution is -0.117. The van der Waals surface area contributed by atoms with E-state index in [1.54, 1.807) is 19.2 Å². The van der Waals surface area contributed by atoms with Crippen molar-refractivity contribution in [2.45, 2.75) is 0 Å². The second-order valence-electron chi connectivity index (χ2n) is 5.04. The molecule has 5 nitrogen and oxygen atoms in total. The molecule has 1 aromatic heterocycles. The van der Waals surface area contributed by atoms with Crippen molar-refractivity contribution in [3.63, 3.8) is 0 Å². The maximum Gasteiger partial charge on any atom is 0.240 e. The molecule has 0 aliphatic carbocycles. The first-order valence-electron chi connectivity index (χ1n) is 6.92. The van der Waals surface area contributed by atoms with Crippen LogP contribution in [0.15, 0.2) is 36.4 Å². The molecule has 7 heteroatoms. The molecule has 3 N–H and O–H groups in total. The van der Waals surface area contributed by atoms with Gasteiger partial charge in [-0.25, -0.2) is 4.98 Å². The standard InChI is InChI=1S/C16H14Cl2N4O/c1-22(15(23)8-19)14-5-3-2-4-9(14)16-20-12-6-10(17)11(18)7-13(12)21-16/h2-7H,8,19H2,1H3,(H,20,21). The van der Waals surface area contributed by atoms with Gasteiger partial charge in [-0.3, -0.25) is 4.79 Å². The van der Waals surface area contributed by atoms with Crippen molar-refractivity contribution in [3.8, 4) is 11.4 Å². The summed E-state index contributed by atoms with van der Waals surface area (Å²) in [5.41, 5.74) is 8.44. The van der Waals surface area contributed by atoms with Gasteiger partial charge in [-0.15, -0.1) is 0 Å². The predicted molar refractivity (Wildman–Crippen MR) is 94.0 cm³/mol. The number of carbonyl (C=O) groups excluding carboxylic acids is 1. The van der Waals surface area contributed by atoms with E-state index in [4.69, 9.17) is 28.9 Å². The lowest BCUT2D eigenvalue weighted by Gasteiger charge is -2.19. The highest BCUT2D eigenvalue weighted by Gasteiger charge is 2.16. The highest BCUT2D eigenvalue weighted by Crippen LogP contribution is 2.32. The highest BCUT2D eigenvalue weighted by atomic mass is 35.5. The minimum atomic E-state index is -0.181. The van der Waals surface area contributed by atoms with Crippen LogP contribution in [0.2, 0.25) is 10.0 Å². The summed E-state index contributed by atoms with van der Waals surface area (Å²) < 4.78 is 0.